The average Bonchev–Trinajstić information content (AvgIpc) is 3.11. The summed E-state index contributed by atoms with van der Waals surface area (Å²) in [6, 6.07) is 8.25. The van der Waals surface area contributed by atoms with E-state index in [0.717, 1.165) is 0 Å². The zero-order chi connectivity index (χ0) is 23.7. The van der Waals surface area contributed by atoms with E-state index in [2.05, 4.69) is 4.98 Å². The first-order valence-electron chi connectivity index (χ1n) is 10.8. The maximum atomic E-state index is 13.5. The minimum absolute atomic E-state index is 0.0343. The zero-order valence-corrected chi connectivity index (χ0v) is 18.8. The third-order valence-electron chi connectivity index (χ3n) is 6.17. The number of ether oxygens (including phenoxy) is 2. The topological polar surface area (TPSA) is 114 Å². The smallest absolute Gasteiger partial charge is 0.343 e. The fourth-order valence-electron chi connectivity index (χ4n) is 4.83. The summed E-state index contributed by atoms with van der Waals surface area (Å²) in [6.07, 6.45) is 0.295. The quantitative estimate of drug-likeness (QED) is 0.265. The van der Waals surface area contributed by atoms with Crippen LogP contribution in [0, 0.1) is 10.1 Å². The van der Waals surface area contributed by atoms with Gasteiger partial charge in [0, 0.05) is 17.2 Å². The number of esters is 1. The van der Waals surface area contributed by atoms with Crippen molar-refractivity contribution in [1.82, 2.24) is 9.55 Å². The Morgan fingerprint density at radius 1 is 1.27 bits per heavy atom. The maximum Gasteiger partial charge on any atom is 0.343 e. The van der Waals surface area contributed by atoms with Gasteiger partial charge in [0.2, 0.25) is 0 Å². The number of nitrogens with zero attached hydrogens (tertiary/aromatic N) is 3. The SMILES string of the molecule is CC[C@@]1(OC(C)(C)C)C(=O)OCc2c1cc1n(c2=O)Cc2cc3c([N+](=O)[O-])cccc3nc2-1. The molecule has 2 aromatic heterocycles. The standard InChI is InChI=1S/C24H23N3O6/c1-5-24(33-23(2,3)4)16-10-19-20-13(11-26(19)21(28)15(16)12-32-22(24)29)9-14-17(25-20)7-6-8-18(14)27(30)31/h6-10H,5,11-12H2,1-4H3/t24-/m0/s1. The molecule has 170 valence electrons. The minimum Gasteiger partial charge on any atom is -0.458 e. The lowest BCUT2D eigenvalue weighted by Crippen LogP contribution is -2.49. The van der Waals surface area contributed by atoms with Crippen molar-refractivity contribution in [3.05, 3.63) is 67.5 Å². The fourth-order valence-corrected chi connectivity index (χ4v) is 4.83. The van der Waals surface area contributed by atoms with E-state index in [1.54, 1.807) is 28.8 Å². The molecule has 1 aromatic carbocycles. The number of non-ortho nitro benzene ring substituents is 1. The summed E-state index contributed by atoms with van der Waals surface area (Å²) in [7, 11) is 0. The highest BCUT2D eigenvalue weighted by Crippen LogP contribution is 2.43. The van der Waals surface area contributed by atoms with Crippen LogP contribution in [0.1, 0.15) is 50.8 Å². The number of hydrogen-bond donors (Lipinski definition) is 0. The van der Waals surface area contributed by atoms with Crippen molar-refractivity contribution < 1.29 is 19.2 Å². The van der Waals surface area contributed by atoms with Crippen LogP contribution in [0.4, 0.5) is 5.69 Å². The number of cyclic esters (lactones) is 1. The van der Waals surface area contributed by atoms with E-state index in [1.165, 1.54) is 6.07 Å². The molecule has 33 heavy (non-hydrogen) atoms. The molecule has 2 aliphatic heterocycles. The lowest BCUT2D eigenvalue weighted by Gasteiger charge is -2.40. The fraction of sp³-hybridized carbons (Fsp3) is 0.375. The summed E-state index contributed by atoms with van der Waals surface area (Å²) in [6.45, 7) is 7.48. The Bertz CT molecular complexity index is 1420. The van der Waals surface area contributed by atoms with Crippen molar-refractivity contribution in [2.45, 2.75) is 58.5 Å². The molecule has 0 unspecified atom stereocenters. The second-order valence-corrected chi connectivity index (χ2v) is 9.38. The first-order valence-corrected chi connectivity index (χ1v) is 10.8. The van der Waals surface area contributed by atoms with Crippen LogP contribution in [0.15, 0.2) is 35.1 Å². The van der Waals surface area contributed by atoms with E-state index in [1.807, 2.05) is 27.7 Å². The molecule has 0 N–H and O–H groups in total. The van der Waals surface area contributed by atoms with E-state index >= 15 is 0 Å². The first kappa shape index (κ1) is 21.3. The molecule has 0 amide bonds. The largest absolute Gasteiger partial charge is 0.458 e. The highest BCUT2D eigenvalue weighted by Gasteiger charge is 2.50. The molecular weight excluding hydrogens is 426 g/mol. The summed E-state index contributed by atoms with van der Waals surface area (Å²) in [5, 5.41) is 11.9. The number of nitro groups is 1. The third kappa shape index (κ3) is 3.06. The number of aromatic nitrogens is 2. The van der Waals surface area contributed by atoms with Crippen LogP contribution in [0.25, 0.3) is 22.3 Å². The number of hydrogen-bond acceptors (Lipinski definition) is 7. The van der Waals surface area contributed by atoms with Crippen LogP contribution in [0.3, 0.4) is 0 Å². The molecule has 0 fully saturated rings. The van der Waals surface area contributed by atoms with Gasteiger partial charge in [-0.1, -0.05) is 13.0 Å². The lowest BCUT2D eigenvalue weighted by atomic mass is 9.84. The molecule has 0 radical (unpaired) electrons. The van der Waals surface area contributed by atoms with Crippen molar-refractivity contribution in [3.63, 3.8) is 0 Å². The van der Waals surface area contributed by atoms with Crippen LogP contribution in [0.5, 0.6) is 0 Å². The molecule has 0 bridgehead atoms. The van der Waals surface area contributed by atoms with Crippen LogP contribution in [0.2, 0.25) is 0 Å². The lowest BCUT2D eigenvalue weighted by molar-refractivity contribution is -0.383. The van der Waals surface area contributed by atoms with Gasteiger partial charge in [-0.15, -0.1) is 0 Å². The predicted molar refractivity (Wildman–Crippen MR) is 120 cm³/mol. The van der Waals surface area contributed by atoms with Gasteiger partial charge in [0.05, 0.1) is 44.9 Å². The average molecular weight is 449 g/mol. The van der Waals surface area contributed by atoms with Gasteiger partial charge >= 0.3 is 5.97 Å². The molecule has 9 nitrogen and oxygen atoms in total. The van der Waals surface area contributed by atoms with E-state index in [-0.39, 0.29) is 24.4 Å². The van der Waals surface area contributed by atoms with Gasteiger partial charge < -0.3 is 14.0 Å². The Kier molecular flexibility index (Phi) is 4.48. The highest BCUT2D eigenvalue weighted by atomic mass is 16.6. The Morgan fingerprint density at radius 3 is 2.70 bits per heavy atom. The molecule has 3 aromatic rings. The van der Waals surface area contributed by atoms with Gasteiger partial charge in [0.1, 0.15) is 6.61 Å². The Morgan fingerprint density at radius 2 is 2.03 bits per heavy atom. The number of benzene rings is 1. The second-order valence-electron chi connectivity index (χ2n) is 9.38. The highest BCUT2D eigenvalue weighted by molar-refractivity contribution is 5.91. The van der Waals surface area contributed by atoms with E-state index in [0.29, 0.717) is 45.4 Å². The summed E-state index contributed by atoms with van der Waals surface area (Å²) < 4.78 is 13.2. The summed E-state index contributed by atoms with van der Waals surface area (Å²) in [5.41, 5.74) is 0.818. The van der Waals surface area contributed by atoms with E-state index in [9.17, 15) is 19.7 Å². The molecule has 1 atom stereocenters. The van der Waals surface area contributed by atoms with Crippen molar-refractivity contribution >= 4 is 22.6 Å². The zero-order valence-electron chi connectivity index (χ0n) is 18.8. The van der Waals surface area contributed by atoms with Gasteiger partial charge in [-0.05, 0) is 45.4 Å². The number of fused-ring (bicyclic) bond motifs is 5. The summed E-state index contributed by atoms with van der Waals surface area (Å²) in [4.78, 5) is 42.2. The molecule has 0 saturated carbocycles. The van der Waals surface area contributed by atoms with Crippen molar-refractivity contribution in [1.29, 1.82) is 0 Å². The van der Waals surface area contributed by atoms with E-state index < -0.39 is 22.1 Å². The van der Waals surface area contributed by atoms with Crippen molar-refractivity contribution in [2.24, 2.45) is 0 Å². The van der Waals surface area contributed by atoms with Gasteiger partial charge in [0.25, 0.3) is 11.2 Å². The number of carbonyl (C=O) groups excluding carboxylic acids is 1. The molecule has 0 saturated heterocycles. The summed E-state index contributed by atoms with van der Waals surface area (Å²) in [5.74, 6) is -0.517. The van der Waals surface area contributed by atoms with Crippen LogP contribution in [-0.2, 0) is 33.0 Å². The molecule has 2 aliphatic rings. The maximum absolute atomic E-state index is 13.5. The number of pyridine rings is 2. The minimum atomic E-state index is -1.40. The van der Waals surface area contributed by atoms with Gasteiger partial charge in [-0.2, -0.15) is 0 Å². The Hall–Kier alpha value is -3.59. The molecule has 0 spiro atoms. The van der Waals surface area contributed by atoms with Gasteiger partial charge in [-0.3, -0.25) is 14.9 Å². The van der Waals surface area contributed by atoms with Gasteiger partial charge in [-0.25, -0.2) is 9.78 Å². The summed E-state index contributed by atoms with van der Waals surface area (Å²) >= 11 is 0. The van der Waals surface area contributed by atoms with Crippen molar-refractivity contribution in [2.75, 3.05) is 0 Å². The van der Waals surface area contributed by atoms with E-state index in [4.69, 9.17) is 9.47 Å². The Labute approximate surface area is 189 Å². The molecular formula is C24H23N3O6. The molecule has 0 aliphatic carbocycles. The second kappa shape index (κ2) is 6.95. The number of nitro benzene ring substituents is 1. The van der Waals surface area contributed by atoms with Crippen molar-refractivity contribution in [3.8, 4) is 11.4 Å². The van der Waals surface area contributed by atoms with Crippen LogP contribution >= 0.6 is 0 Å². The third-order valence-corrected chi connectivity index (χ3v) is 6.17. The van der Waals surface area contributed by atoms with Gasteiger partial charge in [0.15, 0.2) is 5.60 Å². The predicted octanol–water partition coefficient (Wildman–Crippen LogP) is 3.81. The molecule has 9 heteroatoms. The Balaban J connectivity index is 1.77. The number of rotatable bonds is 3. The monoisotopic (exact) mass is 449 g/mol. The molecule has 4 heterocycles. The number of carbonyl (C=O) groups is 1. The molecule has 5 rings (SSSR count). The van der Waals surface area contributed by atoms with Crippen LogP contribution in [-0.4, -0.2) is 26.0 Å². The normalized spacial score (nSPS) is 19.1. The first-order chi connectivity index (χ1) is 15.6. The van der Waals surface area contributed by atoms with Crippen LogP contribution < -0.4 is 5.56 Å².